The Kier molecular flexibility index (Phi) is 7.61. The highest BCUT2D eigenvalue weighted by atomic mass is 32.2. The number of anilines is 1. The molecule has 0 aliphatic carbocycles. The van der Waals surface area contributed by atoms with Crippen LogP contribution in [0.4, 0.5) is 10.8 Å². The van der Waals surface area contributed by atoms with Crippen LogP contribution in [0.15, 0.2) is 47.4 Å². The molecule has 1 heterocycles. The van der Waals surface area contributed by atoms with Gasteiger partial charge in [-0.3, -0.25) is 19.8 Å². The van der Waals surface area contributed by atoms with E-state index < -0.39 is 14.8 Å². The van der Waals surface area contributed by atoms with Gasteiger partial charge in [-0.15, -0.1) is 0 Å². The highest BCUT2D eigenvalue weighted by Gasteiger charge is 2.24. The van der Waals surface area contributed by atoms with Gasteiger partial charge in [-0.25, -0.2) is 13.4 Å². The van der Waals surface area contributed by atoms with Crippen LogP contribution in [-0.2, 0) is 14.6 Å². The summed E-state index contributed by atoms with van der Waals surface area (Å²) in [4.78, 5) is 31.5. The fourth-order valence-corrected chi connectivity index (χ4v) is 5.29. The van der Waals surface area contributed by atoms with Crippen LogP contribution in [0, 0.1) is 10.1 Å². The van der Waals surface area contributed by atoms with Gasteiger partial charge in [-0.2, -0.15) is 0 Å². The van der Waals surface area contributed by atoms with Crippen LogP contribution in [0.1, 0.15) is 6.42 Å². The Morgan fingerprint density at radius 3 is 2.45 bits per heavy atom. The molecule has 0 bridgehead atoms. The Balaban J connectivity index is 1.81. The van der Waals surface area contributed by atoms with E-state index in [4.69, 9.17) is 4.74 Å². The van der Waals surface area contributed by atoms with Crippen molar-refractivity contribution in [3.63, 3.8) is 0 Å². The molecule has 1 aromatic heterocycles. The number of rotatable bonds is 10. The normalized spacial score (nSPS) is 11.6. The van der Waals surface area contributed by atoms with Gasteiger partial charge in [0.05, 0.1) is 32.9 Å². The second-order valence-corrected chi connectivity index (χ2v) is 10.6. The summed E-state index contributed by atoms with van der Waals surface area (Å²) in [6.45, 7) is 0.837. The zero-order valence-corrected chi connectivity index (χ0v) is 20.1. The molecule has 10 nitrogen and oxygen atoms in total. The number of methoxy groups -OCH3 is 1. The van der Waals surface area contributed by atoms with E-state index in [9.17, 15) is 23.3 Å². The topological polar surface area (TPSA) is 123 Å². The predicted octanol–water partition coefficient (Wildman–Crippen LogP) is 2.97. The Labute approximate surface area is 195 Å². The third kappa shape index (κ3) is 6.03. The van der Waals surface area contributed by atoms with E-state index >= 15 is 0 Å². The van der Waals surface area contributed by atoms with Gasteiger partial charge >= 0.3 is 0 Å². The molecule has 0 saturated heterocycles. The van der Waals surface area contributed by atoms with Crippen LogP contribution in [-0.4, -0.2) is 69.2 Å². The molecule has 1 amide bonds. The summed E-state index contributed by atoms with van der Waals surface area (Å²) in [6, 6.07) is 10.3. The number of fused-ring (bicyclic) bond motifs is 1. The number of carbonyl (C=O) groups excluding carboxylic acids is 1. The molecule has 0 radical (unpaired) electrons. The van der Waals surface area contributed by atoms with E-state index in [-0.39, 0.29) is 28.7 Å². The summed E-state index contributed by atoms with van der Waals surface area (Å²) in [5, 5.41) is 11.4. The van der Waals surface area contributed by atoms with E-state index in [0.717, 1.165) is 11.3 Å². The monoisotopic (exact) mass is 492 g/mol. The number of benzene rings is 2. The number of hydrogen-bond acceptors (Lipinski definition) is 9. The fraction of sp³-hybridized carbons (Fsp3) is 0.333. The van der Waals surface area contributed by atoms with E-state index in [1.165, 1.54) is 42.3 Å². The molecule has 0 atom stereocenters. The van der Waals surface area contributed by atoms with Gasteiger partial charge in [0.2, 0.25) is 5.91 Å². The van der Waals surface area contributed by atoms with Crippen molar-refractivity contribution in [1.82, 2.24) is 9.88 Å². The Morgan fingerprint density at radius 2 is 1.85 bits per heavy atom. The van der Waals surface area contributed by atoms with Crippen LogP contribution < -0.4 is 9.64 Å². The van der Waals surface area contributed by atoms with Crippen molar-refractivity contribution in [3.05, 3.63) is 52.6 Å². The van der Waals surface area contributed by atoms with Crippen molar-refractivity contribution in [3.8, 4) is 5.75 Å². The van der Waals surface area contributed by atoms with E-state index in [1.807, 2.05) is 19.0 Å². The van der Waals surface area contributed by atoms with Gasteiger partial charge in [-0.1, -0.05) is 11.3 Å². The maximum atomic E-state index is 13.1. The molecule has 0 aliphatic heterocycles. The number of nitrogens with zero attached hydrogens (tertiary/aromatic N) is 4. The standard InChI is InChI=1S/C21H24N4O6S2/c1-23(2)11-12-24(21-22-18-9-4-15(25(27)28)14-19(18)32-21)20(26)10-13-33(29,30)17-7-5-16(31-3)6-8-17/h4-9,14H,10-13H2,1-3H3. The lowest BCUT2D eigenvalue weighted by molar-refractivity contribution is -0.384. The molecule has 0 spiro atoms. The van der Waals surface area contributed by atoms with Crippen molar-refractivity contribution in [2.45, 2.75) is 11.3 Å². The average molecular weight is 493 g/mol. The minimum atomic E-state index is -3.67. The number of amides is 1. The Bertz CT molecular complexity index is 1260. The van der Waals surface area contributed by atoms with Crippen LogP contribution in [0.2, 0.25) is 0 Å². The first kappa shape index (κ1) is 24.6. The molecule has 3 rings (SSSR count). The van der Waals surface area contributed by atoms with Crippen molar-refractivity contribution in [1.29, 1.82) is 0 Å². The number of aromatic nitrogens is 1. The zero-order chi connectivity index (χ0) is 24.2. The summed E-state index contributed by atoms with van der Waals surface area (Å²) in [6.07, 6.45) is -0.224. The minimum absolute atomic E-state index is 0.0607. The first-order chi connectivity index (χ1) is 15.6. The second-order valence-electron chi connectivity index (χ2n) is 7.50. The number of non-ortho nitro benzene ring substituents is 1. The second kappa shape index (κ2) is 10.2. The van der Waals surface area contributed by atoms with Crippen LogP contribution in [0.3, 0.4) is 0 Å². The molecule has 0 aliphatic rings. The highest BCUT2D eigenvalue weighted by Crippen LogP contribution is 2.32. The zero-order valence-electron chi connectivity index (χ0n) is 18.4. The largest absolute Gasteiger partial charge is 0.497 e. The summed E-state index contributed by atoms with van der Waals surface area (Å²) in [7, 11) is 1.54. The molecule has 0 saturated carbocycles. The highest BCUT2D eigenvalue weighted by molar-refractivity contribution is 7.91. The summed E-state index contributed by atoms with van der Waals surface area (Å²) in [5.41, 5.74) is 0.476. The summed E-state index contributed by atoms with van der Waals surface area (Å²) < 4.78 is 31.0. The maximum Gasteiger partial charge on any atom is 0.270 e. The molecular formula is C21H24N4O6S2. The number of hydrogen-bond donors (Lipinski definition) is 0. The number of nitro groups is 1. The first-order valence-corrected chi connectivity index (χ1v) is 12.4. The lowest BCUT2D eigenvalue weighted by atomic mass is 10.3. The molecule has 176 valence electrons. The molecule has 0 N–H and O–H groups in total. The van der Waals surface area contributed by atoms with Gasteiger partial charge in [-0.05, 0) is 44.4 Å². The molecule has 33 heavy (non-hydrogen) atoms. The first-order valence-electron chi connectivity index (χ1n) is 9.97. The van der Waals surface area contributed by atoms with Crippen LogP contribution >= 0.6 is 11.3 Å². The van der Waals surface area contributed by atoms with Crippen molar-refractivity contribution in [2.75, 3.05) is 44.9 Å². The van der Waals surface area contributed by atoms with Crippen LogP contribution in [0.5, 0.6) is 5.75 Å². The fourth-order valence-electron chi connectivity index (χ4n) is 3.01. The predicted molar refractivity (Wildman–Crippen MR) is 127 cm³/mol. The Morgan fingerprint density at radius 1 is 1.15 bits per heavy atom. The van der Waals surface area contributed by atoms with E-state index in [0.29, 0.717) is 34.2 Å². The van der Waals surface area contributed by atoms with E-state index in [1.54, 1.807) is 12.1 Å². The lowest BCUT2D eigenvalue weighted by Crippen LogP contribution is -2.37. The van der Waals surface area contributed by atoms with Gasteiger partial charge in [0.1, 0.15) is 5.75 Å². The SMILES string of the molecule is COc1ccc(S(=O)(=O)CCC(=O)N(CCN(C)C)c2nc3ccc([N+](=O)[O-])cc3s2)cc1. The molecule has 0 unspecified atom stereocenters. The molecule has 2 aromatic carbocycles. The van der Waals surface area contributed by atoms with Gasteiger partial charge in [0, 0.05) is 31.6 Å². The van der Waals surface area contributed by atoms with Gasteiger partial charge in [0.15, 0.2) is 15.0 Å². The van der Waals surface area contributed by atoms with Crippen LogP contribution in [0.25, 0.3) is 10.2 Å². The third-order valence-electron chi connectivity index (χ3n) is 4.88. The molecule has 12 heteroatoms. The van der Waals surface area contributed by atoms with Gasteiger partial charge < -0.3 is 9.64 Å². The third-order valence-corrected chi connectivity index (χ3v) is 7.65. The minimum Gasteiger partial charge on any atom is -0.497 e. The quantitative estimate of drug-likeness (QED) is 0.313. The van der Waals surface area contributed by atoms with E-state index in [2.05, 4.69) is 4.98 Å². The molecule has 3 aromatic rings. The molecular weight excluding hydrogens is 468 g/mol. The number of likely N-dealkylation sites (N-methyl/N-ethyl adjacent to an activating group) is 1. The Hall–Kier alpha value is -3.09. The molecule has 0 fully saturated rings. The van der Waals surface area contributed by atoms with Gasteiger partial charge in [0.25, 0.3) is 5.69 Å². The summed E-state index contributed by atoms with van der Waals surface area (Å²) >= 11 is 1.16. The van der Waals surface area contributed by atoms with Crippen molar-refractivity contribution >= 4 is 48.1 Å². The number of ether oxygens (including phenoxy) is 1. The number of carbonyl (C=O) groups is 1. The maximum absolute atomic E-state index is 13.1. The smallest absolute Gasteiger partial charge is 0.270 e. The van der Waals surface area contributed by atoms with Crippen molar-refractivity contribution < 1.29 is 22.9 Å². The van der Waals surface area contributed by atoms with Crippen molar-refractivity contribution in [2.24, 2.45) is 0 Å². The lowest BCUT2D eigenvalue weighted by Gasteiger charge is -2.22. The number of nitro benzene ring substituents is 1. The average Bonchev–Trinajstić information content (AvgIpc) is 3.20. The number of thiazole rings is 1. The number of sulfone groups is 1. The summed E-state index contributed by atoms with van der Waals surface area (Å²) in [5.74, 6) is -0.203.